The fraction of sp³-hybridized carbons (Fsp3) is 0.250. The minimum atomic E-state index is -0.771. The number of benzene rings is 1. The number of rotatable bonds is 4. The van der Waals surface area contributed by atoms with Crippen molar-refractivity contribution >= 4 is 34.3 Å². The van der Waals surface area contributed by atoms with Crippen molar-refractivity contribution in [3.8, 4) is 0 Å². The number of anilines is 1. The van der Waals surface area contributed by atoms with Crippen LogP contribution in [0.25, 0.3) is 10.9 Å². The van der Waals surface area contributed by atoms with Crippen molar-refractivity contribution in [2.75, 3.05) is 31.2 Å². The zero-order valence-electron chi connectivity index (χ0n) is 18.6. The molecule has 6 rings (SSSR count). The minimum absolute atomic E-state index is 0.0227. The molecule has 2 aromatic heterocycles. The second-order valence-corrected chi connectivity index (χ2v) is 8.96. The number of fused-ring (bicyclic) bond motifs is 2. The number of carbonyl (C=O) groups is 3. The first kappa shape index (κ1) is 21.3. The molecule has 2 saturated heterocycles. The lowest BCUT2D eigenvalue weighted by Gasteiger charge is -2.21. The second kappa shape index (κ2) is 8.20. The molecular formula is C24H22FN7O3. The van der Waals surface area contributed by atoms with Crippen LogP contribution >= 0.6 is 0 Å². The third kappa shape index (κ3) is 3.51. The molecule has 3 aromatic rings. The number of halogens is 1. The zero-order valence-corrected chi connectivity index (χ0v) is 18.6. The monoisotopic (exact) mass is 475 g/mol. The van der Waals surface area contributed by atoms with Crippen LogP contribution in [-0.4, -0.2) is 63.5 Å². The highest BCUT2D eigenvalue weighted by Gasteiger charge is 2.44. The van der Waals surface area contributed by atoms with Crippen molar-refractivity contribution in [2.45, 2.75) is 0 Å². The van der Waals surface area contributed by atoms with E-state index in [9.17, 15) is 18.8 Å². The Morgan fingerprint density at radius 1 is 1.00 bits per heavy atom. The summed E-state index contributed by atoms with van der Waals surface area (Å²) < 4.78 is 14.7. The molecule has 5 heterocycles. The summed E-state index contributed by atoms with van der Waals surface area (Å²) in [6, 6.07) is 9.11. The average Bonchev–Trinajstić information content (AvgIpc) is 3.67. The van der Waals surface area contributed by atoms with Gasteiger partial charge >= 0.3 is 0 Å². The second-order valence-electron chi connectivity index (χ2n) is 8.96. The van der Waals surface area contributed by atoms with E-state index in [0.29, 0.717) is 43.1 Å². The Kier molecular flexibility index (Phi) is 4.99. The fourth-order valence-corrected chi connectivity index (χ4v) is 5.18. The number of aromatic nitrogens is 2. The van der Waals surface area contributed by atoms with Crippen LogP contribution in [0.4, 0.5) is 10.2 Å². The lowest BCUT2D eigenvalue weighted by Crippen LogP contribution is -2.38. The molecule has 2 amide bonds. The normalized spacial score (nSPS) is 21.0. The van der Waals surface area contributed by atoms with Crippen LogP contribution in [0, 0.1) is 17.7 Å². The van der Waals surface area contributed by atoms with Gasteiger partial charge in [0.1, 0.15) is 0 Å². The molecule has 0 saturated carbocycles. The topological polar surface area (TPSA) is 114 Å². The van der Waals surface area contributed by atoms with Crippen LogP contribution in [0.1, 0.15) is 20.7 Å². The number of carbonyl (C=O) groups excluding carboxylic acids is 3. The Morgan fingerprint density at radius 2 is 1.71 bits per heavy atom. The maximum atomic E-state index is 14.7. The van der Waals surface area contributed by atoms with Gasteiger partial charge in [0.25, 0.3) is 17.6 Å². The molecule has 0 radical (unpaired) electrons. The molecule has 11 heteroatoms. The Bertz CT molecular complexity index is 1360. The fourth-order valence-electron chi connectivity index (χ4n) is 5.18. The molecule has 3 aliphatic heterocycles. The van der Waals surface area contributed by atoms with Crippen molar-refractivity contribution in [1.82, 2.24) is 30.7 Å². The van der Waals surface area contributed by atoms with Crippen molar-refractivity contribution in [1.29, 1.82) is 0 Å². The number of H-pyrrole nitrogens is 1. The highest BCUT2D eigenvalue weighted by molar-refractivity contribution is 6.45. The molecule has 0 bridgehead atoms. The molecule has 2 atom stereocenters. The molecular weight excluding hydrogens is 453 g/mol. The zero-order chi connectivity index (χ0) is 24.1. The first-order valence-electron chi connectivity index (χ1n) is 11.3. The summed E-state index contributed by atoms with van der Waals surface area (Å²) in [5.74, 6) is -1.58. The van der Waals surface area contributed by atoms with E-state index < -0.39 is 17.5 Å². The Labute approximate surface area is 199 Å². The number of likely N-dealkylation sites (tertiary alicyclic amines) is 2. The summed E-state index contributed by atoms with van der Waals surface area (Å²) in [6.45, 7) is 1.86. The van der Waals surface area contributed by atoms with E-state index in [0.717, 1.165) is 6.20 Å². The number of Topliss-reactive ketones (excluding diaryl/α,β-unsaturated/α-hetero) is 1. The number of amides is 2. The highest BCUT2D eigenvalue weighted by Crippen LogP contribution is 2.33. The molecule has 3 aliphatic rings. The first-order chi connectivity index (χ1) is 17.0. The molecule has 1 aromatic carbocycles. The van der Waals surface area contributed by atoms with Gasteiger partial charge in [-0.2, -0.15) is 0 Å². The molecule has 3 N–H and O–H groups in total. The van der Waals surface area contributed by atoms with Crippen molar-refractivity contribution < 1.29 is 18.8 Å². The Hall–Kier alpha value is -4.25. The number of ketones is 1. The van der Waals surface area contributed by atoms with Crippen LogP contribution < -0.4 is 16.0 Å². The van der Waals surface area contributed by atoms with E-state index in [1.165, 1.54) is 16.1 Å². The van der Waals surface area contributed by atoms with Crippen LogP contribution in [-0.2, 0) is 4.79 Å². The predicted octanol–water partition coefficient (Wildman–Crippen LogP) is 1.42. The van der Waals surface area contributed by atoms with Crippen molar-refractivity contribution in [3.63, 3.8) is 0 Å². The summed E-state index contributed by atoms with van der Waals surface area (Å²) in [5, 5.41) is 1.55. The molecule has 2 fully saturated rings. The maximum absolute atomic E-state index is 14.7. The number of nitrogens with zero attached hydrogens (tertiary/aromatic N) is 4. The van der Waals surface area contributed by atoms with E-state index in [4.69, 9.17) is 0 Å². The van der Waals surface area contributed by atoms with Gasteiger partial charge in [0.2, 0.25) is 0 Å². The standard InChI is InChI=1S/C24H22FN7O3/c25-18-9-27-22(32-7-6-28-29-32)20-19(18)17(8-26-20)21(33)24(35)31-12-15-10-30(11-16(15)13-31)23(34)14-4-2-1-3-5-14/h1-9,15-16,26,28-29H,10-13H2. The van der Waals surface area contributed by atoms with E-state index >= 15 is 0 Å². The van der Waals surface area contributed by atoms with Gasteiger partial charge < -0.3 is 20.2 Å². The summed E-state index contributed by atoms with van der Waals surface area (Å²) in [6.07, 6.45) is 5.67. The number of pyridine rings is 1. The molecule has 0 aliphatic carbocycles. The van der Waals surface area contributed by atoms with Crippen molar-refractivity contribution in [2.24, 2.45) is 11.8 Å². The summed E-state index contributed by atoms with van der Waals surface area (Å²) in [4.78, 5) is 49.3. The molecule has 178 valence electrons. The molecule has 35 heavy (non-hydrogen) atoms. The molecule has 10 nitrogen and oxygen atoms in total. The minimum Gasteiger partial charge on any atom is -0.357 e. The third-order valence-electron chi connectivity index (χ3n) is 6.88. The quantitative estimate of drug-likeness (QED) is 0.386. The Morgan fingerprint density at radius 3 is 2.40 bits per heavy atom. The van der Waals surface area contributed by atoms with E-state index in [-0.39, 0.29) is 28.7 Å². The van der Waals surface area contributed by atoms with Gasteiger partial charge in [-0.25, -0.2) is 14.4 Å². The summed E-state index contributed by atoms with van der Waals surface area (Å²) in [7, 11) is 0. The van der Waals surface area contributed by atoms with Crippen LogP contribution in [0.2, 0.25) is 0 Å². The number of aromatic amines is 1. The van der Waals surface area contributed by atoms with E-state index in [1.807, 2.05) is 23.1 Å². The number of nitrogens with one attached hydrogen (secondary N) is 3. The van der Waals surface area contributed by atoms with Crippen LogP contribution in [0.3, 0.4) is 0 Å². The van der Waals surface area contributed by atoms with Gasteiger partial charge in [0.15, 0.2) is 11.6 Å². The average molecular weight is 475 g/mol. The molecule has 2 unspecified atom stereocenters. The summed E-state index contributed by atoms with van der Waals surface area (Å²) in [5.41, 5.74) is 6.50. The lowest BCUT2D eigenvalue weighted by molar-refractivity contribution is -0.125. The van der Waals surface area contributed by atoms with Crippen LogP contribution in [0.15, 0.2) is 55.1 Å². The Balaban J connectivity index is 1.18. The number of hydrogen-bond donors (Lipinski definition) is 3. The van der Waals surface area contributed by atoms with Gasteiger partial charge in [-0.05, 0) is 12.1 Å². The van der Waals surface area contributed by atoms with E-state index in [2.05, 4.69) is 20.9 Å². The van der Waals surface area contributed by atoms with Crippen LogP contribution in [0.5, 0.6) is 0 Å². The SMILES string of the molecule is O=C(C(=O)N1CC2CN(C(=O)c3ccccc3)CC2C1)c1c[nH]c2c(N3C=CNN3)ncc(F)c12. The molecule has 0 spiro atoms. The summed E-state index contributed by atoms with van der Waals surface area (Å²) >= 11 is 0. The predicted molar refractivity (Wildman–Crippen MR) is 124 cm³/mol. The van der Waals surface area contributed by atoms with Gasteiger partial charge in [0.05, 0.1) is 22.7 Å². The number of hydrazine groups is 2. The highest BCUT2D eigenvalue weighted by atomic mass is 19.1. The maximum Gasteiger partial charge on any atom is 0.295 e. The van der Waals surface area contributed by atoms with Crippen molar-refractivity contribution in [3.05, 3.63) is 72.1 Å². The van der Waals surface area contributed by atoms with E-state index in [1.54, 1.807) is 24.5 Å². The third-order valence-corrected chi connectivity index (χ3v) is 6.88. The van der Waals surface area contributed by atoms with Gasteiger partial charge in [-0.15, -0.1) is 5.53 Å². The van der Waals surface area contributed by atoms with Gasteiger partial charge in [0, 0.05) is 62.2 Å². The first-order valence-corrected chi connectivity index (χ1v) is 11.3. The van der Waals surface area contributed by atoms with Gasteiger partial charge in [-0.3, -0.25) is 14.4 Å². The van der Waals surface area contributed by atoms with Gasteiger partial charge in [-0.1, -0.05) is 18.2 Å². The smallest absolute Gasteiger partial charge is 0.295 e. The number of hydrogen-bond acceptors (Lipinski definition) is 7. The lowest BCUT2D eigenvalue weighted by atomic mass is 10.0. The largest absolute Gasteiger partial charge is 0.357 e.